The van der Waals surface area contributed by atoms with Crippen LogP contribution in [0, 0.1) is 13.8 Å². The Morgan fingerprint density at radius 3 is 2.24 bits per heavy atom. The van der Waals surface area contributed by atoms with Crippen molar-refractivity contribution in [1.29, 1.82) is 0 Å². The number of anilines is 1. The summed E-state index contributed by atoms with van der Waals surface area (Å²) in [7, 11) is 2.04. The lowest BCUT2D eigenvalue weighted by Gasteiger charge is -2.28. The Morgan fingerprint density at radius 2 is 1.59 bits per heavy atom. The summed E-state index contributed by atoms with van der Waals surface area (Å²) in [5.41, 5.74) is 11.0. The lowest BCUT2D eigenvalue weighted by molar-refractivity contribution is 0.372. The highest BCUT2D eigenvalue weighted by Gasteiger charge is 2.40. The van der Waals surface area contributed by atoms with Gasteiger partial charge in [-0.25, -0.2) is 0 Å². The molecule has 3 heteroatoms. The van der Waals surface area contributed by atoms with E-state index in [-0.39, 0.29) is 16.9 Å². The maximum Gasteiger partial charge on any atom is 0.138 e. The fourth-order valence-electron chi connectivity index (χ4n) is 5.61. The molecule has 4 aliphatic rings. The van der Waals surface area contributed by atoms with Crippen molar-refractivity contribution in [3.8, 4) is 11.1 Å². The summed E-state index contributed by atoms with van der Waals surface area (Å²) in [6, 6.07) is 17.0. The van der Waals surface area contributed by atoms with Gasteiger partial charge in [0.25, 0.3) is 0 Å². The minimum Gasteiger partial charge on any atom is -0.506 e. The Hall–Kier alpha value is -3.46. The normalized spacial score (nSPS) is 18.4. The Morgan fingerprint density at radius 1 is 0.882 bits per heavy atom. The molecule has 0 amide bonds. The molecular weight excluding hydrogens is 418 g/mol. The Balaban J connectivity index is 1.59. The van der Waals surface area contributed by atoms with E-state index in [0.717, 1.165) is 33.6 Å². The van der Waals surface area contributed by atoms with Crippen LogP contribution in [-0.4, -0.2) is 17.3 Å². The van der Waals surface area contributed by atoms with Crippen LogP contribution in [0.15, 0.2) is 77.4 Å². The summed E-state index contributed by atoms with van der Waals surface area (Å²) in [6.07, 6.45) is 1.94. The first kappa shape index (κ1) is 22.3. The average Bonchev–Trinajstić information content (AvgIpc) is 3.10. The number of benzene rings is 1. The van der Waals surface area contributed by atoms with Crippen LogP contribution in [0.25, 0.3) is 16.7 Å². The molecule has 0 unspecified atom stereocenters. The zero-order chi connectivity index (χ0) is 24.5. The van der Waals surface area contributed by atoms with Gasteiger partial charge in [-0.3, -0.25) is 0 Å². The van der Waals surface area contributed by atoms with E-state index in [0.29, 0.717) is 17.1 Å². The molecule has 3 aliphatic carbocycles. The fourth-order valence-corrected chi connectivity index (χ4v) is 5.61. The summed E-state index contributed by atoms with van der Waals surface area (Å²) in [5.74, 6) is 0.741. The van der Waals surface area contributed by atoms with Crippen molar-refractivity contribution in [2.24, 2.45) is 0 Å². The second kappa shape index (κ2) is 7.53. The molecule has 174 valence electrons. The molecular formula is C31H33NO2. The van der Waals surface area contributed by atoms with Crippen molar-refractivity contribution in [2.75, 3.05) is 11.9 Å². The molecule has 0 saturated carbocycles. The molecule has 2 N–H and O–H groups in total. The SMILES string of the molecule is Cc1cc(C2=C(O)C(C=C3N(C)c4ccccc4C3(C)C)=C2O)c2c(C)ccc(C(C)C)cc1-2. The van der Waals surface area contributed by atoms with E-state index in [4.69, 9.17) is 0 Å². The first-order valence-electron chi connectivity index (χ1n) is 12.0. The fraction of sp³-hybridized carbons (Fsp3) is 0.290. The Kier molecular flexibility index (Phi) is 4.95. The van der Waals surface area contributed by atoms with E-state index < -0.39 is 0 Å². The van der Waals surface area contributed by atoms with Crippen molar-refractivity contribution in [2.45, 2.75) is 52.9 Å². The molecule has 0 fully saturated rings. The molecule has 0 spiro atoms. The van der Waals surface area contributed by atoms with Crippen LogP contribution in [-0.2, 0) is 5.41 Å². The number of likely N-dealkylation sites (N-methyl/N-ethyl adjacent to an activating group) is 1. The van der Waals surface area contributed by atoms with Gasteiger partial charge in [0.05, 0.1) is 11.1 Å². The molecule has 3 nitrogen and oxygen atoms in total. The van der Waals surface area contributed by atoms with Crippen LogP contribution < -0.4 is 4.90 Å². The van der Waals surface area contributed by atoms with E-state index in [1.54, 1.807) is 0 Å². The Labute approximate surface area is 202 Å². The highest BCUT2D eigenvalue weighted by molar-refractivity contribution is 5.99. The average molecular weight is 452 g/mol. The standard InChI is InChI=1S/C31H33NO2/c1-17(2)20-13-12-18(3)27-21(15-20)19(4)14-22(27)28-29(33)23(30(28)34)16-26-31(5,6)24-10-8-9-11-25(24)32(26)7/h8-17,33-34H,1-7H3. The molecule has 0 aromatic heterocycles. The quantitative estimate of drug-likeness (QED) is 0.425. The number of aliphatic hydroxyl groups excluding tert-OH is 2. The van der Waals surface area contributed by atoms with Crippen LogP contribution in [0.3, 0.4) is 0 Å². The number of aryl methyl sites for hydroxylation is 2. The largest absolute Gasteiger partial charge is 0.506 e. The summed E-state index contributed by atoms with van der Waals surface area (Å²) in [6.45, 7) is 13.0. The third kappa shape index (κ3) is 3.03. The number of aliphatic hydroxyl groups is 2. The van der Waals surface area contributed by atoms with Gasteiger partial charge in [-0.15, -0.1) is 0 Å². The molecule has 1 heterocycles. The predicted molar refractivity (Wildman–Crippen MR) is 142 cm³/mol. The van der Waals surface area contributed by atoms with Crippen molar-refractivity contribution in [1.82, 2.24) is 0 Å². The Bertz CT molecular complexity index is 1400. The third-order valence-electron chi connectivity index (χ3n) is 7.70. The molecule has 5 rings (SSSR count). The zero-order valence-corrected chi connectivity index (χ0v) is 21.1. The number of allylic oxidation sites excluding steroid dienone is 3. The molecule has 0 saturated heterocycles. The first-order valence-corrected chi connectivity index (χ1v) is 12.0. The summed E-state index contributed by atoms with van der Waals surface area (Å²) >= 11 is 0. The third-order valence-corrected chi connectivity index (χ3v) is 7.70. The first-order chi connectivity index (χ1) is 16.0. The number of hydrogen-bond donors (Lipinski definition) is 2. The monoisotopic (exact) mass is 451 g/mol. The van der Waals surface area contributed by atoms with Gasteiger partial charge < -0.3 is 15.1 Å². The van der Waals surface area contributed by atoms with Crippen LogP contribution in [0.5, 0.6) is 0 Å². The number of hydrogen-bond acceptors (Lipinski definition) is 3. The van der Waals surface area contributed by atoms with Gasteiger partial charge >= 0.3 is 0 Å². The van der Waals surface area contributed by atoms with Gasteiger partial charge in [-0.1, -0.05) is 64.1 Å². The lowest BCUT2D eigenvalue weighted by atomic mass is 9.81. The predicted octanol–water partition coefficient (Wildman–Crippen LogP) is 7.94. The van der Waals surface area contributed by atoms with Crippen molar-refractivity contribution < 1.29 is 10.2 Å². The maximum atomic E-state index is 11.2. The van der Waals surface area contributed by atoms with E-state index in [1.807, 2.05) is 19.2 Å². The number of nitrogens with zero attached hydrogens (tertiary/aromatic N) is 1. The van der Waals surface area contributed by atoms with E-state index in [9.17, 15) is 10.2 Å². The van der Waals surface area contributed by atoms with Crippen LogP contribution >= 0.6 is 0 Å². The second-order valence-corrected chi connectivity index (χ2v) is 10.6. The minimum atomic E-state index is -0.226. The number of fused-ring (bicyclic) bond motifs is 2. The summed E-state index contributed by atoms with van der Waals surface area (Å²) < 4.78 is 0. The van der Waals surface area contributed by atoms with Gasteiger partial charge in [0.1, 0.15) is 11.5 Å². The molecule has 1 aromatic rings. The molecule has 34 heavy (non-hydrogen) atoms. The van der Waals surface area contributed by atoms with Gasteiger partial charge in [-0.2, -0.15) is 0 Å². The van der Waals surface area contributed by atoms with Gasteiger partial charge in [0, 0.05) is 23.8 Å². The minimum absolute atomic E-state index is 0.159. The number of rotatable bonds is 3. The van der Waals surface area contributed by atoms with E-state index >= 15 is 0 Å². The molecule has 0 bridgehead atoms. The topological polar surface area (TPSA) is 43.7 Å². The smallest absolute Gasteiger partial charge is 0.138 e. The molecule has 1 aliphatic heterocycles. The van der Waals surface area contributed by atoms with E-state index in [1.165, 1.54) is 16.7 Å². The second-order valence-electron chi connectivity index (χ2n) is 10.6. The molecule has 1 aromatic carbocycles. The van der Waals surface area contributed by atoms with Gasteiger partial charge in [0.15, 0.2) is 0 Å². The highest BCUT2D eigenvalue weighted by Crippen LogP contribution is 2.51. The van der Waals surface area contributed by atoms with E-state index in [2.05, 4.69) is 88.9 Å². The van der Waals surface area contributed by atoms with Gasteiger partial charge in [-0.05, 0) is 76.9 Å². The van der Waals surface area contributed by atoms with Crippen molar-refractivity contribution in [3.05, 3.63) is 105 Å². The molecule has 0 radical (unpaired) electrons. The zero-order valence-electron chi connectivity index (χ0n) is 21.1. The molecule has 0 atom stereocenters. The van der Waals surface area contributed by atoms with Crippen LogP contribution in [0.2, 0.25) is 0 Å². The highest BCUT2D eigenvalue weighted by atomic mass is 16.3. The number of para-hydroxylation sites is 1. The maximum absolute atomic E-state index is 11.2. The summed E-state index contributed by atoms with van der Waals surface area (Å²) in [5, 5.41) is 22.4. The summed E-state index contributed by atoms with van der Waals surface area (Å²) in [4.78, 5) is 2.15. The lowest BCUT2D eigenvalue weighted by Crippen LogP contribution is -2.24. The van der Waals surface area contributed by atoms with Crippen molar-refractivity contribution >= 4 is 11.3 Å². The van der Waals surface area contributed by atoms with Crippen molar-refractivity contribution in [3.63, 3.8) is 0 Å². The van der Waals surface area contributed by atoms with Crippen LogP contribution in [0.4, 0.5) is 5.69 Å². The van der Waals surface area contributed by atoms with Gasteiger partial charge in [0.2, 0.25) is 0 Å². The van der Waals surface area contributed by atoms with Crippen LogP contribution in [0.1, 0.15) is 61.4 Å².